The van der Waals surface area contributed by atoms with Crippen LogP contribution < -0.4 is 10.2 Å². The van der Waals surface area contributed by atoms with Crippen LogP contribution in [0.2, 0.25) is 0 Å². The van der Waals surface area contributed by atoms with Crippen molar-refractivity contribution in [3.63, 3.8) is 0 Å². The molecular formula is C18H19N3OS. The van der Waals surface area contributed by atoms with E-state index in [0.29, 0.717) is 11.6 Å². The van der Waals surface area contributed by atoms with Crippen molar-refractivity contribution in [1.82, 2.24) is 10.3 Å². The molecule has 0 saturated heterocycles. The molecule has 0 atom stereocenters. The van der Waals surface area contributed by atoms with Gasteiger partial charge in [-0.3, -0.25) is 4.79 Å². The lowest BCUT2D eigenvalue weighted by Crippen LogP contribution is -2.25. The van der Waals surface area contributed by atoms with E-state index in [1.807, 2.05) is 38.4 Å². The minimum atomic E-state index is -0.101. The maximum atomic E-state index is 12.2. The first kappa shape index (κ1) is 15.5. The van der Waals surface area contributed by atoms with E-state index in [9.17, 15) is 4.79 Å². The van der Waals surface area contributed by atoms with Gasteiger partial charge in [0.25, 0.3) is 5.91 Å². The molecule has 0 fully saturated rings. The Morgan fingerprint density at radius 3 is 2.57 bits per heavy atom. The second-order valence-electron chi connectivity index (χ2n) is 5.55. The van der Waals surface area contributed by atoms with Crippen molar-refractivity contribution >= 4 is 33.1 Å². The average Bonchev–Trinajstić information content (AvgIpc) is 2.99. The van der Waals surface area contributed by atoms with Gasteiger partial charge in [0.1, 0.15) is 0 Å². The Morgan fingerprint density at radius 2 is 1.87 bits per heavy atom. The number of aromatic nitrogens is 1. The van der Waals surface area contributed by atoms with Crippen LogP contribution in [0.5, 0.6) is 0 Å². The highest BCUT2D eigenvalue weighted by atomic mass is 32.1. The van der Waals surface area contributed by atoms with E-state index >= 15 is 0 Å². The molecule has 0 aliphatic heterocycles. The van der Waals surface area contributed by atoms with Crippen molar-refractivity contribution in [1.29, 1.82) is 0 Å². The number of thiazole rings is 1. The van der Waals surface area contributed by atoms with Crippen molar-refractivity contribution < 1.29 is 4.79 Å². The standard InChI is InChI=1S/C18H19N3OS/c1-21(2)14-9-7-13(8-10-14)11-12-19-17(22)18-20-15-5-3-4-6-16(15)23-18/h3-10H,11-12H2,1-2H3,(H,19,22). The highest BCUT2D eigenvalue weighted by Gasteiger charge is 2.11. The molecule has 118 valence electrons. The molecule has 1 aromatic heterocycles. The van der Waals surface area contributed by atoms with Gasteiger partial charge in [0.15, 0.2) is 5.01 Å². The lowest BCUT2D eigenvalue weighted by Gasteiger charge is -2.12. The van der Waals surface area contributed by atoms with Gasteiger partial charge in [-0.05, 0) is 36.2 Å². The summed E-state index contributed by atoms with van der Waals surface area (Å²) in [7, 11) is 4.04. The number of nitrogens with one attached hydrogen (secondary N) is 1. The molecule has 4 nitrogen and oxygen atoms in total. The Balaban J connectivity index is 1.56. The van der Waals surface area contributed by atoms with Crippen LogP contribution in [0.4, 0.5) is 5.69 Å². The molecular weight excluding hydrogens is 306 g/mol. The van der Waals surface area contributed by atoms with E-state index in [0.717, 1.165) is 16.6 Å². The van der Waals surface area contributed by atoms with E-state index in [4.69, 9.17) is 0 Å². The molecule has 1 N–H and O–H groups in total. The molecule has 0 spiro atoms. The first-order chi connectivity index (χ1) is 11.1. The number of para-hydroxylation sites is 1. The third-order valence-corrected chi connectivity index (χ3v) is 4.68. The minimum absolute atomic E-state index is 0.101. The fourth-order valence-electron chi connectivity index (χ4n) is 2.33. The summed E-state index contributed by atoms with van der Waals surface area (Å²) >= 11 is 1.43. The smallest absolute Gasteiger partial charge is 0.280 e. The van der Waals surface area contributed by atoms with Crippen LogP contribution in [0.1, 0.15) is 15.4 Å². The number of amides is 1. The second kappa shape index (κ2) is 6.79. The summed E-state index contributed by atoms with van der Waals surface area (Å²) in [6.45, 7) is 0.607. The summed E-state index contributed by atoms with van der Waals surface area (Å²) in [5, 5.41) is 3.47. The van der Waals surface area contributed by atoms with Crippen LogP contribution in [0.25, 0.3) is 10.2 Å². The van der Waals surface area contributed by atoms with Gasteiger partial charge in [-0.1, -0.05) is 24.3 Å². The summed E-state index contributed by atoms with van der Waals surface area (Å²) in [5.41, 5.74) is 3.26. The number of hydrogen-bond acceptors (Lipinski definition) is 4. The monoisotopic (exact) mass is 325 g/mol. The third-order valence-electron chi connectivity index (χ3n) is 3.64. The summed E-state index contributed by atoms with van der Waals surface area (Å²) in [4.78, 5) is 18.6. The van der Waals surface area contributed by atoms with E-state index in [1.54, 1.807) is 0 Å². The maximum Gasteiger partial charge on any atom is 0.280 e. The van der Waals surface area contributed by atoms with Crippen LogP contribution in [0.15, 0.2) is 48.5 Å². The quantitative estimate of drug-likeness (QED) is 0.782. The van der Waals surface area contributed by atoms with E-state index in [2.05, 4.69) is 39.5 Å². The molecule has 1 amide bonds. The molecule has 0 aliphatic carbocycles. The van der Waals surface area contributed by atoms with Crippen molar-refractivity contribution in [2.45, 2.75) is 6.42 Å². The fraction of sp³-hybridized carbons (Fsp3) is 0.222. The van der Waals surface area contributed by atoms with E-state index < -0.39 is 0 Å². The van der Waals surface area contributed by atoms with Crippen molar-refractivity contribution in [3.05, 3.63) is 59.1 Å². The second-order valence-corrected chi connectivity index (χ2v) is 6.58. The topological polar surface area (TPSA) is 45.2 Å². The number of anilines is 1. The summed E-state index contributed by atoms with van der Waals surface area (Å²) in [6.07, 6.45) is 0.810. The Morgan fingerprint density at radius 1 is 1.13 bits per heavy atom. The van der Waals surface area contributed by atoms with Crippen molar-refractivity contribution in [2.75, 3.05) is 25.5 Å². The normalized spacial score (nSPS) is 10.7. The maximum absolute atomic E-state index is 12.2. The highest BCUT2D eigenvalue weighted by Crippen LogP contribution is 2.21. The number of fused-ring (bicyclic) bond motifs is 1. The Hall–Kier alpha value is -2.40. The number of carbonyl (C=O) groups is 1. The third kappa shape index (κ3) is 3.68. The molecule has 0 aliphatic rings. The van der Waals surface area contributed by atoms with Crippen LogP contribution >= 0.6 is 11.3 Å². The molecule has 0 bridgehead atoms. The van der Waals surface area contributed by atoms with Gasteiger partial charge in [-0.25, -0.2) is 4.98 Å². The average molecular weight is 325 g/mol. The lowest BCUT2D eigenvalue weighted by molar-refractivity contribution is 0.0954. The largest absolute Gasteiger partial charge is 0.378 e. The summed E-state index contributed by atoms with van der Waals surface area (Å²) < 4.78 is 1.04. The van der Waals surface area contributed by atoms with Gasteiger partial charge in [0, 0.05) is 26.3 Å². The molecule has 0 unspecified atom stereocenters. The lowest BCUT2D eigenvalue weighted by atomic mass is 10.1. The van der Waals surface area contributed by atoms with Gasteiger partial charge in [0.2, 0.25) is 0 Å². The molecule has 23 heavy (non-hydrogen) atoms. The zero-order valence-electron chi connectivity index (χ0n) is 13.2. The number of nitrogens with zero attached hydrogens (tertiary/aromatic N) is 2. The zero-order chi connectivity index (χ0) is 16.2. The Labute approximate surface area is 139 Å². The van der Waals surface area contributed by atoms with E-state index in [-0.39, 0.29) is 5.91 Å². The van der Waals surface area contributed by atoms with Crippen LogP contribution in [0.3, 0.4) is 0 Å². The zero-order valence-corrected chi connectivity index (χ0v) is 14.1. The predicted octanol–water partition coefficient (Wildman–Crippen LogP) is 3.33. The summed E-state index contributed by atoms with van der Waals surface area (Å²) in [6, 6.07) is 16.2. The van der Waals surface area contributed by atoms with Crippen LogP contribution in [-0.4, -0.2) is 31.5 Å². The van der Waals surface area contributed by atoms with Crippen molar-refractivity contribution in [2.24, 2.45) is 0 Å². The number of benzene rings is 2. The van der Waals surface area contributed by atoms with Crippen molar-refractivity contribution in [3.8, 4) is 0 Å². The SMILES string of the molecule is CN(C)c1ccc(CCNC(=O)c2nc3ccccc3s2)cc1. The molecule has 3 aromatic rings. The van der Waals surface area contributed by atoms with Gasteiger partial charge in [0.05, 0.1) is 10.2 Å². The highest BCUT2D eigenvalue weighted by molar-refractivity contribution is 7.20. The van der Waals surface area contributed by atoms with Gasteiger partial charge in [-0.15, -0.1) is 11.3 Å². The van der Waals surface area contributed by atoms with Crippen LogP contribution in [-0.2, 0) is 6.42 Å². The first-order valence-electron chi connectivity index (χ1n) is 7.53. The van der Waals surface area contributed by atoms with Gasteiger partial charge >= 0.3 is 0 Å². The first-order valence-corrected chi connectivity index (χ1v) is 8.35. The molecule has 5 heteroatoms. The number of hydrogen-bond donors (Lipinski definition) is 1. The number of rotatable bonds is 5. The molecule has 0 radical (unpaired) electrons. The predicted molar refractivity (Wildman–Crippen MR) is 96.4 cm³/mol. The number of carbonyl (C=O) groups excluding carboxylic acids is 1. The van der Waals surface area contributed by atoms with Crippen LogP contribution in [0, 0.1) is 0 Å². The van der Waals surface area contributed by atoms with E-state index in [1.165, 1.54) is 22.6 Å². The van der Waals surface area contributed by atoms with Gasteiger partial charge in [-0.2, -0.15) is 0 Å². The minimum Gasteiger partial charge on any atom is -0.378 e. The molecule has 1 heterocycles. The van der Waals surface area contributed by atoms with Gasteiger partial charge < -0.3 is 10.2 Å². The Bertz CT molecular complexity index is 776. The molecule has 3 rings (SSSR count). The summed E-state index contributed by atoms with van der Waals surface area (Å²) in [5.74, 6) is -0.101. The molecule has 2 aromatic carbocycles. The molecule has 0 saturated carbocycles. The Kier molecular flexibility index (Phi) is 4.57. The fourth-order valence-corrected chi connectivity index (χ4v) is 3.21.